The molecule has 0 unspecified atom stereocenters. The number of rotatable bonds is 2. The highest BCUT2D eigenvalue weighted by Gasteiger charge is 2.02. The van der Waals surface area contributed by atoms with Gasteiger partial charge in [0, 0.05) is 10.2 Å². The number of amides is 2. The average molecular weight is 297 g/mol. The maximum atomic E-state index is 11.5. The first-order valence-corrected chi connectivity index (χ1v) is 6.28. The topological polar surface area (TPSA) is 41.1 Å². The van der Waals surface area contributed by atoms with Crippen LogP contribution in [0.25, 0.3) is 0 Å². The maximum absolute atomic E-state index is 11.5. The number of benzene rings is 1. The van der Waals surface area contributed by atoms with Gasteiger partial charge in [0.25, 0.3) is 0 Å². The number of carbonyl (C=O) groups excluding carboxylic acids is 1. The van der Waals surface area contributed by atoms with Crippen LogP contribution in [-0.4, -0.2) is 6.03 Å². The van der Waals surface area contributed by atoms with Gasteiger partial charge in [-0.3, -0.25) is 5.32 Å². The third kappa shape index (κ3) is 3.08. The molecule has 1 aromatic carbocycles. The minimum Gasteiger partial charge on any atom is -0.308 e. The van der Waals surface area contributed by atoms with Crippen molar-refractivity contribution in [2.24, 2.45) is 0 Å². The Hall–Kier alpha value is -1.33. The number of halogens is 1. The second-order valence-electron chi connectivity index (χ2n) is 3.06. The molecule has 82 valence electrons. The monoisotopic (exact) mass is 296 g/mol. The summed E-state index contributed by atoms with van der Waals surface area (Å²) in [5.41, 5.74) is 0.761. The Bertz CT molecular complexity index is 467. The summed E-state index contributed by atoms with van der Waals surface area (Å²) in [6, 6.07) is 10.9. The van der Waals surface area contributed by atoms with Crippen molar-refractivity contribution in [2.75, 3.05) is 10.6 Å². The molecule has 0 aliphatic heterocycles. The molecule has 0 spiro atoms. The zero-order valence-corrected chi connectivity index (χ0v) is 10.6. The SMILES string of the molecule is O=C(Nc1ccc(Br)cc1)Nc1cccs1. The average Bonchev–Trinajstić information content (AvgIpc) is 2.74. The van der Waals surface area contributed by atoms with Crippen LogP contribution < -0.4 is 10.6 Å². The Morgan fingerprint density at radius 3 is 2.50 bits per heavy atom. The summed E-state index contributed by atoms with van der Waals surface area (Å²) < 4.78 is 0.983. The van der Waals surface area contributed by atoms with Crippen LogP contribution in [0.5, 0.6) is 0 Å². The molecule has 0 radical (unpaired) electrons. The molecule has 0 bridgehead atoms. The van der Waals surface area contributed by atoms with Crippen LogP contribution in [0.3, 0.4) is 0 Å². The van der Waals surface area contributed by atoms with Gasteiger partial charge in [-0.2, -0.15) is 0 Å². The highest BCUT2D eigenvalue weighted by Crippen LogP contribution is 2.17. The predicted molar refractivity (Wildman–Crippen MR) is 71.1 cm³/mol. The minimum atomic E-state index is -0.232. The molecule has 1 heterocycles. The fourth-order valence-electron chi connectivity index (χ4n) is 1.16. The highest BCUT2D eigenvalue weighted by molar-refractivity contribution is 9.10. The highest BCUT2D eigenvalue weighted by atomic mass is 79.9. The lowest BCUT2D eigenvalue weighted by Gasteiger charge is -2.05. The van der Waals surface area contributed by atoms with Crippen molar-refractivity contribution in [2.45, 2.75) is 0 Å². The van der Waals surface area contributed by atoms with Crippen LogP contribution in [0.4, 0.5) is 15.5 Å². The van der Waals surface area contributed by atoms with Crippen molar-refractivity contribution in [3.63, 3.8) is 0 Å². The molecule has 0 aliphatic rings. The quantitative estimate of drug-likeness (QED) is 0.858. The summed E-state index contributed by atoms with van der Waals surface area (Å²) in [5, 5.41) is 8.23. The van der Waals surface area contributed by atoms with Gasteiger partial charge in [0.2, 0.25) is 0 Å². The summed E-state index contributed by atoms with van der Waals surface area (Å²) in [6.07, 6.45) is 0. The van der Waals surface area contributed by atoms with E-state index >= 15 is 0 Å². The van der Waals surface area contributed by atoms with Gasteiger partial charge in [0.05, 0.1) is 5.00 Å². The lowest BCUT2D eigenvalue weighted by Crippen LogP contribution is -2.18. The Morgan fingerprint density at radius 2 is 1.88 bits per heavy atom. The Labute approximate surface area is 106 Å². The van der Waals surface area contributed by atoms with E-state index in [1.165, 1.54) is 11.3 Å². The fourth-order valence-corrected chi connectivity index (χ4v) is 2.03. The van der Waals surface area contributed by atoms with E-state index in [4.69, 9.17) is 0 Å². The van der Waals surface area contributed by atoms with E-state index in [9.17, 15) is 4.79 Å². The number of carbonyl (C=O) groups is 1. The Kier molecular flexibility index (Phi) is 3.58. The molecule has 3 nitrogen and oxygen atoms in total. The largest absolute Gasteiger partial charge is 0.324 e. The lowest BCUT2D eigenvalue weighted by atomic mass is 10.3. The van der Waals surface area contributed by atoms with Crippen molar-refractivity contribution < 1.29 is 4.79 Å². The third-order valence-corrected chi connectivity index (χ3v) is 3.17. The summed E-state index contributed by atoms with van der Waals surface area (Å²) in [7, 11) is 0. The third-order valence-electron chi connectivity index (χ3n) is 1.86. The predicted octanol–water partition coefficient (Wildman–Crippen LogP) is 4.15. The zero-order chi connectivity index (χ0) is 11.4. The standard InChI is InChI=1S/C11H9BrN2OS/c12-8-3-5-9(6-4-8)13-11(15)14-10-2-1-7-16-10/h1-7H,(H2,13,14,15). The molecule has 2 aromatic rings. The molecule has 2 rings (SSSR count). The summed E-state index contributed by atoms with van der Waals surface area (Å²) in [6.45, 7) is 0. The van der Waals surface area contributed by atoms with Gasteiger partial charge in [-0.15, -0.1) is 11.3 Å². The van der Waals surface area contributed by atoms with Crippen molar-refractivity contribution >= 4 is 44.0 Å². The number of hydrogen-bond acceptors (Lipinski definition) is 2. The summed E-state index contributed by atoms with van der Waals surface area (Å²) >= 11 is 4.82. The maximum Gasteiger partial charge on any atom is 0.324 e. The fraction of sp³-hybridized carbons (Fsp3) is 0. The van der Waals surface area contributed by atoms with Crippen LogP contribution in [-0.2, 0) is 0 Å². The van der Waals surface area contributed by atoms with E-state index in [0.29, 0.717) is 0 Å². The van der Waals surface area contributed by atoms with Crippen LogP contribution in [0.15, 0.2) is 46.3 Å². The molecule has 0 aliphatic carbocycles. The van der Waals surface area contributed by atoms with Crippen molar-refractivity contribution in [3.8, 4) is 0 Å². The first kappa shape index (κ1) is 11.2. The van der Waals surface area contributed by atoms with Crippen molar-refractivity contribution in [1.29, 1.82) is 0 Å². The molecule has 5 heteroatoms. The van der Waals surface area contributed by atoms with E-state index in [0.717, 1.165) is 15.2 Å². The summed E-state index contributed by atoms with van der Waals surface area (Å²) in [4.78, 5) is 11.5. The van der Waals surface area contributed by atoms with E-state index in [1.807, 2.05) is 41.8 Å². The van der Waals surface area contributed by atoms with E-state index in [2.05, 4.69) is 26.6 Å². The van der Waals surface area contributed by atoms with Gasteiger partial charge in [-0.25, -0.2) is 4.79 Å². The molecule has 0 fully saturated rings. The second-order valence-corrected chi connectivity index (χ2v) is 4.93. The summed E-state index contributed by atoms with van der Waals surface area (Å²) in [5.74, 6) is 0. The number of nitrogens with one attached hydrogen (secondary N) is 2. The molecule has 0 saturated heterocycles. The van der Waals surface area contributed by atoms with E-state index in [1.54, 1.807) is 0 Å². The van der Waals surface area contributed by atoms with Crippen LogP contribution in [0.1, 0.15) is 0 Å². The normalized spacial score (nSPS) is 9.81. The molecule has 0 atom stereocenters. The van der Waals surface area contributed by atoms with E-state index in [-0.39, 0.29) is 6.03 Å². The first-order chi connectivity index (χ1) is 7.74. The van der Waals surface area contributed by atoms with Gasteiger partial charge in [-0.1, -0.05) is 15.9 Å². The molecular weight excluding hydrogens is 288 g/mol. The molecule has 0 saturated carbocycles. The van der Waals surface area contributed by atoms with Gasteiger partial charge in [-0.05, 0) is 41.8 Å². The number of urea groups is 1. The van der Waals surface area contributed by atoms with Crippen molar-refractivity contribution in [1.82, 2.24) is 0 Å². The van der Waals surface area contributed by atoms with Crippen molar-refractivity contribution in [3.05, 3.63) is 46.3 Å². The molecule has 2 N–H and O–H groups in total. The van der Waals surface area contributed by atoms with Gasteiger partial charge in [0.15, 0.2) is 0 Å². The van der Waals surface area contributed by atoms with Gasteiger partial charge in [0.1, 0.15) is 0 Å². The zero-order valence-electron chi connectivity index (χ0n) is 8.24. The lowest BCUT2D eigenvalue weighted by molar-refractivity contribution is 0.262. The minimum absolute atomic E-state index is 0.232. The second kappa shape index (κ2) is 5.14. The molecular formula is C11H9BrN2OS. The Balaban J connectivity index is 1.95. The number of hydrogen-bond donors (Lipinski definition) is 2. The van der Waals surface area contributed by atoms with E-state index < -0.39 is 0 Å². The van der Waals surface area contributed by atoms with Crippen LogP contribution in [0, 0.1) is 0 Å². The van der Waals surface area contributed by atoms with Crippen LogP contribution >= 0.6 is 27.3 Å². The smallest absolute Gasteiger partial charge is 0.308 e. The Morgan fingerprint density at radius 1 is 1.12 bits per heavy atom. The number of thiophene rings is 1. The van der Waals surface area contributed by atoms with Gasteiger partial charge < -0.3 is 5.32 Å². The molecule has 2 amide bonds. The first-order valence-electron chi connectivity index (χ1n) is 4.61. The molecule has 1 aromatic heterocycles. The van der Waals surface area contributed by atoms with Crippen LogP contribution in [0.2, 0.25) is 0 Å². The number of anilines is 2. The molecule has 16 heavy (non-hydrogen) atoms. The van der Waals surface area contributed by atoms with Gasteiger partial charge >= 0.3 is 6.03 Å².